The van der Waals surface area contributed by atoms with Gasteiger partial charge in [0.05, 0.1) is 6.04 Å². The van der Waals surface area contributed by atoms with Crippen LogP contribution in [0.2, 0.25) is 0 Å². The van der Waals surface area contributed by atoms with Crippen molar-refractivity contribution in [2.24, 2.45) is 7.05 Å². The Bertz CT molecular complexity index is 495. The summed E-state index contributed by atoms with van der Waals surface area (Å²) in [7, 11) is 3.66. The Labute approximate surface area is 99.5 Å². The molecule has 0 saturated carbocycles. The summed E-state index contributed by atoms with van der Waals surface area (Å²) in [6.45, 7) is 0. The van der Waals surface area contributed by atoms with E-state index in [-0.39, 0.29) is 11.9 Å². The van der Waals surface area contributed by atoms with E-state index in [4.69, 9.17) is 0 Å². The van der Waals surface area contributed by atoms with Gasteiger partial charge in [-0.1, -0.05) is 18.2 Å². The van der Waals surface area contributed by atoms with Crippen molar-refractivity contribution in [1.82, 2.24) is 20.1 Å². The van der Waals surface area contributed by atoms with E-state index < -0.39 is 0 Å². The van der Waals surface area contributed by atoms with Gasteiger partial charge >= 0.3 is 0 Å². The molecule has 1 heterocycles. The normalized spacial score (nSPS) is 12.6. The predicted molar refractivity (Wildman–Crippen MR) is 62.9 cm³/mol. The number of nitrogens with zero attached hydrogens (tertiary/aromatic N) is 3. The fourth-order valence-electron chi connectivity index (χ4n) is 1.83. The number of aryl methyl sites for hydroxylation is 1. The van der Waals surface area contributed by atoms with Crippen LogP contribution < -0.4 is 5.32 Å². The Kier molecular flexibility index (Phi) is 3.49. The SMILES string of the molecule is CNC(Cc1ccccc1F)c1ncnn1C. The second-order valence-electron chi connectivity index (χ2n) is 3.88. The molecule has 0 aliphatic rings. The molecule has 1 aromatic heterocycles. The summed E-state index contributed by atoms with van der Waals surface area (Å²) in [6.07, 6.45) is 2.05. The van der Waals surface area contributed by atoms with Crippen molar-refractivity contribution >= 4 is 0 Å². The maximum atomic E-state index is 13.6. The molecule has 1 atom stereocenters. The Morgan fingerprint density at radius 3 is 2.76 bits per heavy atom. The Hall–Kier alpha value is -1.75. The van der Waals surface area contributed by atoms with E-state index in [2.05, 4.69) is 15.4 Å². The van der Waals surface area contributed by atoms with Crippen molar-refractivity contribution in [3.63, 3.8) is 0 Å². The molecule has 0 radical (unpaired) electrons. The minimum atomic E-state index is -0.185. The topological polar surface area (TPSA) is 42.7 Å². The first-order valence-corrected chi connectivity index (χ1v) is 5.47. The summed E-state index contributed by atoms with van der Waals surface area (Å²) in [4.78, 5) is 4.18. The maximum absolute atomic E-state index is 13.6. The Morgan fingerprint density at radius 2 is 2.18 bits per heavy atom. The summed E-state index contributed by atoms with van der Waals surface area (Å²) in [5, 5.41) is 7.15. The van der Waals surface area contributed by atoms with Crippen LogP contribution in [0.3, 0.4) is 0 Å². The first-order chi connectivity index (χ1) is 8.22. The van der Waals surface area contributed by atoms with E-state index in [9.17, 15) is 4.39 Å². The van der Waals surface area contributed by atoms with Gasteiger partial charge in [0.1, 0.15) is 18.0 Å². The van der Waals surface area contributed by atoms with Crippen LogP contribution in [0.15, 0.2) is 30.6 Å². The van der Waals surface area contributed by atoms with Crippen molar-refractivity contribution in [3.8, 4) is 0 Å². The summed E-state index contributed by atoms with van der Waals surface area (Å²) in [5.41, 5.74) is 0.676. The fraction of sp³-hybridized carbons (Fsp3) is 0.333. The second kappa shape index (κ2) is 5.05. The molecular weight excluding hydrogens is 219 g/mol. The third-order valence-corrected chi connectivity index (χ3v) is 2.79. The average molecular weight is 234 g/mol. The Morgan fingerprint density at radius 1 is 1.41 bits per heavy atom. The lowest BCUT2D eigenvalue weighted by Gasteiger charge is -2.15. The molecule has 0 spiro atoms. The van der Waals surface area contributed by atoms with Crippen LogP contribution in [0, 0.1) is 5.82 Å². The fourth-order valence-corrected chi connectivity index (χ4v) is 1.83. The quantitative estimate of drug-likeness (QED) is 0.870. The molecule has 1 aromatic carbocycles. The van der Waals surface area contributed by atoms with Crippen molar-refractivity contribution in [2.75, 3.05) is 7.05 Å². The van der Waals surface area contributed by atoms with Crippen LogP contribution in [0.4, 0.5) is 4.39 Å². The third-order valence-electron chi connectivity index (χ3n) is 2.79. The number of likely N-dealkylation sites (N-methyl/N-ethyl adjacent to an activating group) is 1. The molecule has 90 valence electrons. The molecule has 0 saturated heterocycles. The van der Waals surface area contributed by atoms with Gasteiger partial charge in [-0.3, -0.25) is 4.68 Å². The molecule has 1 N–H and O–H groups in total. The van der Waals surface area contributed by atoms with Crippen LogP contribution in [-0.2, 0) is 13.5 Å². The van der Waals surface area contributed by atoms with Crippen molar-refractivity contribution < 1.29 is 4.39 Å². The predicted octanol–water partition coefficient (Wildman–Crippen LogP) is 1.46. The summed E-state index contributed by atoms with van der Waals surface area (Å²) in [5.74, 6) is 0.616. The first-order valence-electron chi connectivity index (χ1n) is 5.47. The molecule has 0 aliphatic carbocycles. The molecule has 2 rings (SSSR count). The van der Waals surface area contributed by atoms with Gasteiger partial charge in [-0.05, 0) is 25.1 Å². The van der Waals surface area contributed by atoms with E-state index in [0.717, 1.165) is 5.82 Å². The highest BCUT2D eigenvalue weighted by atomic mass is 19.1. The first kappa shape index (κ1) is 11.7. The second-order valence-corrected chi connectivity index (χ2v) is 3.88. The van der Waals surface area contributed by atoms with Gasteiger partial charge in [-0.25, -0.2) is 9.37 Å². The Balaban J connectivity index is 2.22. The number of halogens is 1. The number of rotatable bonds is 4. The summed E-state index contributed by atoms with van der Waals surface area (Å²) >= 11 is 0. The van der Waals surface area contributed by atoms with Gasteiger partial charge in [0, 0.05) is 7.05 Å². The van der Waals surface area contributed by atoms with Crippen LogP contribution in [0.1, 0.15) is 17.4 Å². The number of hydrogen-bond donors (Lipinski definition) is 1. The monoisotopic (exact) mass is 234 g/mol. The maximum Gasteiger partial charge on any atom is 0.144 e. The smallest absolute Gasteiger partial charge is 0.144 e. The standard InChI is InChI=1S/C12H15FN4/c1-14-11(12-15-8-16-17(12)2)7-9-5-3-4-6-10(9)13/h3-6,8,11,14H,7H2,1-2H3. The van der Waals surface area contributed by atoms with Gasteiger partial charge in [0.25, 0.3) is 0 Å². The molecule has 17 heavy (non-hydrogen) atoms. The average Bonchev–Trinajstić information content (AvgIpc) is 2.75. The minimum Gasteiger partial charge on any atom is -0.310 e. The van der Waals surface area contributed by atoms with Gasteiger partial charge in [-0.2, -0.15) is 5.10 Å². The van der Waals surface area contributed by atoms with Crippen molar-refractivity contribution in [1.29, 1.82) is 0 Å². The lowest BCUT2D eigenvalue weighted by Crippen LogP contribution is -2.23. The van der Waals surface area contributed by atoms with Gasteiger partial charge in [0.15, 0.2) is 0 Å². The largest absolute Gasteiger partial charge is 0.310 e. The number of nitrogens with one attached hydrogen (secondary N) is 1. The molecule has 0 aliphatic heterocycles. The van der Waals surface area contributed by atoms with E-state index in [1.54, 1.807) is 16.8 Å². The van der Waals surface area contributed by atoms with Crippen molar-refractivity contribution in [2.45, 2.75) is 12.5 Å². The van der Waals surface area contributed by atoms with Crippen LogP contribution >= 0.6 is 0 Å². The van der Waals surface area contributed by atoms with Crippen LogP contribution in [0.25, 0.3) is 0 Å². The third kappa shape index (κ3) is 2.50. The molecule has 0 amide bonds. The molecule has 1 unspecified atom stereocenters. The van der Waals surface area contributed by atoms with E-state index in [0.29, 0.717) is 12.0 Å². The van der Waals surface area contributed by atoms with Gasteiger partial charge < -0.3 is 5.32 Å². The molecule has 2 aromatic rings. The summed E-state index contributed by atoms with van der Waals surface area (Å²) in [6, 6.07) is 6.74. The summed E-state index contributed by atoms with van der Waals surface area (Å²) < 4.78 is 15.3. The molecular formula is C12H15FN4. The van der Waals surface area contributed by atoms with Crippen LogP contribution in [0.5, 0.6) is 0 Å². The van der Waals surface area contributed by atoms with Gasteiger partial charge in [0.2, 0.25) is 0 Å². The molecule has 0 bridgehead atoms. The zero-order chi connectivity index (χ0) is 12.3. The van der Waals surface area contributed by atoms with Crippen molar-refractivity contribution in [3.05, 3.63) is 47.8 Å². The van der Waals surface area contributed by atoms with Crippen LogP contribution in [-0.4, -0.2) is 21.8 Å². The zero-order valence-corrected chi connectivity index (χ0v) is 9.89. The molecule has 5 heteroatoms. The number of hydrogen-bond acceptors (Lipinski definition) is 3. The minimum absolute atomic E-state index is 0.0422. The highest BCUT2D eigenvalue weighted by molar-refractivity contribution is 5.19. The molecule has 0 fully saturated rings. The lowest BCUT2D eigenvalue weighted by molar-refractivity contribution is 0.508. The lowest BCUT2D eigenvalue weighted by atomic mass is 10.0. The highest BCUT2D eigenvalue weighted by Crippen LogP contribution is 2.17. The van der Waals surface area contributed by atoms with Gasteiger partial charge in [-0.15, -0.1) is 0 Å². The van der Waals surface area contributed by atoms with E-state index >= 15 is 0 Å². The number of benzene rings is 1. The zero-order valence-electron chi connectivity index (χ0n) is 9.89. The molecule has 4 nitrogen and oxygen atoms in total. The highest BCUT2D eigenvalue weighted by Gasteiger charge is 2.16. The number of aromatic nitrogens is 3. The van der Waals surface area contributed by atoms with E-state index in [1.165, 1.54) is 12.4 Å². The van der Waals surface area contributed by atoms with E-state index in [1.807, 2.05) is 20.2 Å².